The second-order valence-electron chi connectivity index (χ2n) is 16.1. The summed E-state index contributed by atoms with van der Waals surface area (Å²) in [5.41, 5.74) is 0.821. The third kappa shape index (κ3) is 4.80. The van der Waals surface area contributed by atoms with Gasteiger partial charge in [0.15, 0.2) is 16.6 Å². The van der Waals surface area contributed by atoms with Gasteiger partial charge in [-0.15, -0.1) is 0 Å². The van der Waals surface area contributed by atoms with Gasteiger partial charge in [-0.25, -0.2) is 0 Å². The maximum Gasteiger partial charge on any atom is 0.192 e. The van der Waals surface area contributed by atoms with Crippen LogP contribution in [0.4, 0.5) is 0 Å². The summed E-state index contributed by atoms with van der Waals surface area (Å²) in [6, 6.07) is 0. The van der Waals surface area contributed by atoms with Crippen molar-refractivity contribution in [3.05, 3.63) is 11.6 Å². The van der Waals surface area contributed by atoms with E-state index in [1.165, 1.54) is 5.57 Å². The lowest BCUT2D eigenvalue weighted by atomic mass is 9.47. The predicted molar refractivity (Wildman–Crippen MR) is 157 cm³/mol. The molecule has 3 nitrogen and oxygen atoms in total. The molecule has 4 rings (SSSR count). The van der Waals surface area contributed by atoms with E-state index in [0.29, 0.717) is 24.2 Å². The van der Waals surface area contributed by atoms with Gasteiger partial charge in [0.1, 0.15) is 0 Å². The zero-order valence-corrected chi connectivity index (χ0v) is 27.4. The first-order valence-electron chi connectivity index (χ1n) is 15.9. The Kier molecular flexibility index (Phi) is 6.80. The molecule has 4 aliphatic carbocycles. The van der Waals surface area contributed by atoms with Gasteiger partial charge >= 0.3 is 0 Å². The van der Waals surface area contributed by atoms with Crippen LogP contribution in [0.5, 0.6) is 0 Å². The fourth-order valence-corrected chi connectivity index (χ4v) is 9.51. The Morgan fingerprint density at radius 3 is 2.22 bits per heavy atom. The lowest BCUT2D eigenvalue weighted by molar-refractivity contribution is -0.0847. The average molecular weight is 537 g/mol. The summed E-state index contributed by atoms with van der Waals surface area (Å²) in [7, 11) is -4.23. The molecule has 8 atom stereocenters. The quantitative estimate of drug-likeness (QED) is 0.282. The van der Waals surface area contributed by atoms with Crippen molar-refractivity contribution in [3.8, 4) is 0 Å². The van der Waals surface area contributed by atoms with Gasteiger partial charge in [0.2, 0.25) is 0 Å². The molecule has 0 aromatic heterocycles. The lowest BCUT2D eigenvalue weighted by Crippen LogP contribution is -2.56. The molecule has 0 aromatic carbocycles. The Morgan fingerprint density at radius 1 is 0.972 bits per heavy atom. The molecule has 0 aliphatic heterocycles. The Balaban J connectivity index is 1.69. The molecule has 1 unspecified atom stereocenters. The van der Waals surface area contributed by atoms with Crippen LogP contribution in [0.3, 0.4) is 0 Å². The van der Waals surface area contributed by atoms with Crippen molar-refractivity contribution in [2.45, 2.75) is 148 Å². The highest BCUT2D eigenvalue weighted by atomic mass is 28.4. The van der Waals surface area contributed by atoms with Crippen molar-refractivity contribution in [1.82, 2.24) is 0 Å². The van der Waals surface area contributed by atoms with Gasteiger partial charge < -0.3 is 14.0 Å². The number of aliphatic hydroxyl groups excluding tert-OH is 1. The van der Waals surface area contributed by atoms with Gasteiger partial charge in [0.05, 0.1) is 14.9 Å². The number of hydrogen-bond acceptors (Lipinski definition) is 3. The fourth-order valence-electron chi connectivity index (χ4n) is 7.39. The summed E-state index contributed by atoms with van der Waals surface area (Å²) >= 11 is 0. The molecular weight excluding hydrogens is 477 g/mol. The van der Waals surface area contributed by atoms with Gasteiger partial charge in [0.25, 0.3) is 0 Å². The minimum Gasteiger partial charge on any atom is -0.416 e. The molecule has 0 radical (unpaired) electrons. The van der Waals surface area contributed by atoms with Crippen LogP contribution in [0.2, 0.25) is 36.3 Å². The molecule has 0 heterocycles. The standard InChI is InChI=1S/C31H58O3Si2/c1-28(2,3)35(8,9)33-21-31-19-16-23(32)20-22(31)12-13-24-25-14-15-27(30(25,7)18-17-26(24)31)34-36(10,11)29(4,5)6/h12,23-27,32H,13-21H2,1-11H3/t23-,24-,25-,26-,27-,30-,31+/m0/s1/i21D,27D/t21?,23-,24-,25-,26-,27-,30-,31+. The number of rotatable bonds is 5. The van der Waals surface area contributed by atoms with Crippen molar-refractivity contribution in [2.75, 3.05) is 6.58 Å². The highest BCUT2D eigenvalue weighted by molar-refractivity contribution is 6.74. The Hall–Kier alpha value is 0.0538. The minimum absolute atomic E-state index is 0.0531. The van der Waals surface area contributed by atoms with E-state index in [0.717, 1.165) is 44.9 Å². The molecule has 0 aromatic rings. The number of fused-ring (bicyclic) bond motifs is 5. The molecule has 0 amide bonds. The van der Waals surface area contributed by atoms with E-state index in [4.69, 9.17) is 8.85 Å². The lowest BCUT2D eigenvalue weighted by Gasteiger charge is -2.59. The van der Waals surface area contributed by atoms with E-state index < -0.39 is 29.3 Å². The zero-order chi connectivity index (χ0) is 28.7. The van der Waals surface area contributed by atoms with Crippen LogP contribution in [0, 0.1) is 28.6 Å². The molecule has 208 valence electrons. The topological polar surface area (TPSA) is 38.7 Å². The van der Waals surface area contributed by atoms with Crippen molar-refractivity contribution in [3.63, 3.8) is 0 Å². The van der Waals surface area contributed by atoms with Gasteiger partial charge in [-0.1, -0.05) is 60.1 Å². The van der Waals surface area contributed by atoms with E-state index in [2.05, 4.69) is 80.7 Å². The van der Waals surface area contributed by atoms with Crippen molar-refractivity contribution in [1.29, 1.82) is 0 Å². The summed E-state index contributed by atoms with van der Waals surface area (Å²) in [5, 5.41) is 10.8. The molecule has 4 aliphatic rings. The number of aliphatic hydroxyl groups is 1. The molecule has 0 bridgehead atoms. The third-order valence-electron chi connectivity index (χ3n) is 11.9. The molecule has 1 N–H and O–H groups in total. The second kappa shape index (κ2) is 9.32. The van der Waals surface area contributed by atoms with Gasteiger partial charge in [0, 0.05) is 12.0 Å². The molecule has 5 heteroatoms. The normalized spacial score (nSPS) is 43.5. The van der Waals surface area contributed by atoms with Crippen molar-refractivity contribution >= 4 is 16.6 Å². The van der Waals surface area contributed by atoms with E-state index in [9.17, 15) is 7.85 Å². The van der Waals surface area contributed by atoms with Gasteiger partial charge in [-0.2, -0.15) is 0 Å². The fraction of sp³-hybridized carbons (Fsp3) is 0.935. The Labute approximate surface area is 228 Å². The van der Waals surface area contributed by atoms with Crippen LogP contribution in [0.1, 0.15) is 103 Å². The molecule has 0 spiro atoms. The smallest absolute Gasteiger partial charge is 0.192 e. The highest BCUT2D eigenvalue weighted by Gasteiger charge is 2.61. The first-order valence-corrected chi connectivity index (χ1v) is 20.6. The van der Waals surface area contributed by atoms with Crippen LogP contribution in [0.25, 0.3) is 0 Å². The van der Waals surface area contributed by atoms with Gasteiger partial charge in [-0.3, -0.25) is 0 Å². The van der Waals surface area contributed by atoms with E-state index in [1.807, 2.05) is 0 Å². The Morgan fingerprint density at radius 2 is 1.61 bits per heavy atom. The third-order valence-corrected chi connectivity index (χ3v) is 20.6. The summed E-state index contributed by atoms with van der Waals surface area (Å²) in [6.07, 6.45) is 8.47. The predicted octanol–water partition coefficient (Wildman–Crippen LogP) is 8.70. The maximum absolute atomic E-state index is 10.7. The number of allylic oxidation sites excluding steroid dienone is 1. The summed E-state index contributed by atoms with van der Waals surface area (Å²) in [6.45, 7) is 24.5. The largest absolute Gasteiger partial charge is 0.416 e. The second-order valence-corrected chi connectivity index (χ2v) is 25.5. The van der Waals surface area contributed by atoms with E-state index in [-0.39, 0.29) is 27.0 Å². The highest BCUT2D eigenvalue weighted by Crippen LogP contribution is 2.66. The molecular formula is C31H58O3Si2. The Bertz CT molecular complexity index is 938. The van der Waals surface area contributed by atoms with Crippen LogP contribution < -0.4 is 0 Å². The van der Waals surface area contributed by atoms with E-state index >= 15 is 0 Å². The minimum atomic E-state index is -2.14. The summed E-state index contributed by atoms with van der Waals surface area (Å²) in [5.74, 6) is 1.28. The maximum atomic E-state index is 10.7. The summed E-state index contributed by atoms with van der Waals surface area (Å²) in [4.78, 5) is 0. The molecule has 3 fully saturated rings. The molecule has 36 heavy (non-hydrogen) atoms. The van der Waals surface area contributed by atoms with Crippen LogP contribution in [0.15, 0.2) is 11.6 Å². The van der Waals surface area contributed by atoms with Crippen molar-refractivity contribution < 1.29 is 16.7 Å². The van der Waals surface area contributed by atoms with Crippen molar-refractivity contribution in [2.24, 2.45) is 28.6 Å². The first-order chi connectivity index (χ1) is 17.1. The molecule has 3 saturated carbocycles. The SMILES string of the molecule is [2H]C(O[Si](C)(C)C(C)(C)C)[C@]12CC[C@H](O)CC1=CC[C@@H]1[C@@H]2CC[C@@]2(C)[C@H]1CC[C@]2([2H])O[Si](C)(C)C(C)(C)C. The molecule has 0 saturated heterocycles. The monoisotopic (exact) mass is 536 g/mol. The zero-order valence-electron chi connectivity index (χ0n) is 27.4. The van der Waals surface area contributed by atoms with Crippen LogP contribution in [-0.2, 0) is 8.85 Å². The number of hydrogen-bond donors (Lipinski definition) is 1. The summed E-state index contributed by atoms with van der Waals surface area (Å²) < 4.78 is 33.3. The van der Waals surface area contributed by atoms with Crippen LogP contribution in [-0.4, -0.2) is 40.5 Å². The van der Waals surface area contributed by atoms with E-state index in [1.54, 1.807) is 0 Å². The first kappa shape index (κ1) is 26.3. The average Bonchev–Trinajstić information content (AvgIpc) is 3.01. The van der Waals surface area contributed by atoms with Gasteiger partial charge in [-0.05, 0) is 111 Å². The van der Waals surface area contributed by atoms with Crippen LogP contribution >= 0.6 is 0 Å².